The van der Waals surface area contributed by atoms with E-state index in [4.69, 9.17) is 0 Å². The third kappa shape index (κ3) is 5.02. The largest absolute Gasteiger partial charge is 0.415 e. The molecule has 1 rings (SSSR count). The Balaban J connectivity index is 2.49. The van der Waals surface area contributed by atoms with Crippen molar-refractivity contribution in [3.8, 4) is 0 Å². The number of ether oxygens (including phenoxy) is 1. The smallest absolute Gasteiger partial charge is 0.373 e. The maximum Gasteiger partial charge on any atom is 0.415 e. The number of benzene rings is 1. The van der Waals surface area contributed by atoms with Gasteiger partial charge in [0.05, 0.1) is 10.5 Å². The van der Waals surface area contributed by atoms with Gasteiger partial charge in [-0.1, -0.05) is 0 Å². The fourth-order valence-corrected chi connectivity index (χ4v) is 1.28. The number of likely N-dealkylation sites (N-methyl/N-ethyl adjacent to an activating group) is 1. The van der Waals surface area contributed by atoms with Gasteiger partial charge in [0.15, 0.2) is 0 Å². The summed E-state index contributed by atoms with van der Waals surface area (Å²) in [5.41, 5.74) is -0.0738. The van der Waals surface area contributed by atoms with Crippen molar-refractivity contribution in [2.45, 2.75) is 0 Å². The van der Waals surface area contributed by atoms with E-state index in [1.807, 2.05) is 19.0 Å². The van der Waals surface area contributed by atoms with Gasteiger partial charge in [-0.2, -0.15) is 0 Å². The van der Waals surface area contributed by atoms with E-state index >= 15 is 0 Å². The Bertz CT molecular complexity index is 498. The van der Waals surface area contributed by atoms with Crippen molar-refractivity contribution in [1.82, 2.24) is 10.2 Å². The lowest BCUT2D eigenvalue weighted by molar-refractivity contribution is -0.384. The second-order valence-electron chi connectivity index (χ2n) is 4.21. The van der Waals surface area contributed by atoms with Crippen LogP contribution >= 0.6 is 0 Å². The molecule has 0 spiro atoms. The highest BCUT2D eigenvalue weighted by atomic mass is 16.6. The predicted octanol–water partition coefficient (Wildman–Crippen LogP) is 1.02. The summed E-state index contributed by atoms with van der Waals surface area (Å²) in [6, 6.07) is 4.79. The number of amides is 1. The number of non-ortho nitro benzene ring substituents is 1. The molecular formula is C12H15N3O5. The summed E-state index contributed by atoms with van der Waals surface area (Å²) in [7, 11) is 3.68. The highest BCUT2D eigenvalue weighted by Crippen LogP contribution is 2.12. The molecule has 0 saturated heterocycles. The third-order valence-corrected chi connectivity index (χ3v) is 2.33. The summed E-state index contributed by atoms with van der Waals surface area (Å²) in [6.07, 6.45) is -0.852. The van der Waals surface area contributed by atoms with Crippen molar-refractivity contribution in [3.63, 3.8) is 0 Å². The Kier molecular flexibility index (Phi) is 5.60. The van der Waals surface area contributed by atoms with Crippen LogP contribution in [0.4, 0.5) is 10.5 Å². The Morgan fingerprint density at radius 1 is 1.30 bits per heavy atom. The maximum absolute atomic E-state index is 11.6. The number of nitro groups is 1. The molecule has 0 unspecified atom stereocenters. The van der Waals surface area contributed by atoms with Gasteiger partial charge in [-0.05, 0) is 26.2 Å². The molecule has 0 atom stereocenters. The van der Waals surface area contributed by atoms with Crippen molar-refractivity contribution in [2.75, 3.05) is 27.2 Å². The van der Waals surface area contributed by atoms with E-state index in [-0.39, 0.29) is 11.3 Å². The van der Waals surface area contributed by atoms with Crippen LogP contribution in [0.2, 0.25) is 0 Å². The molecule has 0 fully saturated rings. The fraction of sp³-hybridized carbons (Fsp3) is 0.333. The molecule has 0 aliphatic heterocycles. The van der Waals surface area contributed by atoms with Gasteiger partial charge in [0.1, 0.15) is 0 Å². The van der Waals surface area contributed by atoms with Gasteiger partial charge in [0.25, 0.3) is 5.69 Å². The van der Waals surface area contributed by atoms with Crippen LogP contribution in [0.15, 0.2) is 24.3 Å². The van der Waals surface area contributed by atoms with Crippen LogP contribution < -0.4 is 5.32 Å². The van der Waals surface area contributed by atoms with Gasteiger partial charge in [-0.3, -0.25) is 10.1 Å². The van der Waals surface area contributed by atoms with E-state index in [1.165, 1.54) is 24.3 Å². The molecule has 0 bridgehead atoms. The average Bonchev–Trinajstić information content (AvgIpc) is 2.38. The zero-order chi connectivity index (χ0) is 15.1. The van der Waals surface area contributed by atoms with E-state index in [0.29, 0.717) is 13.1 Å². The molecule has 108 valence electrons. The predicted molar refractivity (Wildman–Crippen MR) is 70.5 cm³/mol. The minimum absolute atomic E-state index is 0.0679. The number of hydrogen-bond donors (Lipinski definition) is 1. The minimum Gasteiger partial charge on any atom is -0.373 e. The first-order chi connectivity index (χ1) is 9.40. The zero-order valence-electron chi connectivity index (χ0n) is 11.2. The van der Waals surface area contributed by atoms with Crippen LogP contribution in [-0.2, 0) is 4.74 Å². The zero-order valence-corrected chi connectivity index (χ0v) is 11.2. The van der Waals surface area contributed by atoms with Crippen LogP contribution in [0, 0.1) is 10.1 Å². The summed E-state index contributed by atoms with van der Waals surface area (Å²) in [6.45, 7) is 0.959. The number of esters is 1. The molecule has 8 nitrogen and oxygen atoms in total. The van der Waals surface area contributed by atoms with Gasteiger partial charge in [-0.25, -0.2) is 9.59 Å². The Morgan fingerprint density at radius 2 is 1.90 bits per heavy atom. The molecule has 20 heavy (non-hydrogen) atoms. The van der Waals surface area contributed by atoms with Gasteiger partial charge in [-0.15, -0.1) is 0 Å². The van der Waals surface area contributed by atoms with Crippen LogP contribution in [0.25, 0.3) is 0 Å². The molecular weight excluding hydrogens is 266 g/mol. The van der Waals surface area contributed by atoms with Gasteiger partial charge in [0, 0.05) is 25.2 Å². The molecule has 0 aromatic heterocycles. The van der Waals surface area contributed by atoms with E-state index in [0.717, 1.165) is 0 Å². The summed E-state index contributed by atoms with van der Waals surface area (Å²) in [5.74, 6) is -0.859. The Labute approximate surface area is 115 Å². The van der Waals surface area contributed by atoms with Gasteiger partial charge in [0.2, 0.25) is 0 Å². The molecule has 0 aliphatic carbocycles. The second-order valence-corrected chi connectivity index (χ2v) is 4.21. The highest BCUT2D eigenvalue weighted by Gasteiger charge is 2.14. The number of alkyl carbamates (subject to hydrolysis) is 1. The van der Waals surface area contributed by atoms with Crippen LogP contribution in [0.1, 0.15) is 10.4 Å². The summed E-state index contributed by atoms with van der Waals surface area (Å²) >= 11 is 0. The molecule has 1 aromatic carbocycles. The number of nitrogens with one attached hydrogen (secondary N) is 1. The van der Waals surface area contributed by atoms with E-state index in [2.05, 4.69) is 10.1 Å². The number of nitro benzene ring substituents is 1. The molecule has 0 saturated carbocycles. The lowest BCUT2D eigenvalue weighted by atomic mass is 10.2. The molecule has 1 aromatic rings. The Hall–Kier alpha value is -2.48. The van der Waals surface area contributed by atoms with Crippen LogP contribution in [-0.4, -0.2) is 49.1 Å². The van der Waals surface area contributed by atoms with E-state index < -0.39 is 17.0 Å². The summed E-state index contributed by atoms with van der Waals surface area (Å²) in [5, 5.41) is 12.9. The first-order valence-corrected chi connectivity index (χ1v) is 5.79. The first kappa shape index (κ1) is 15.6. The van der Waals surface area contributed by atoms with Crippen molar-refractivity contribution < 1.29 is 19.2 Å². The number of rotatable bonds is 5. The molecule has 0 heterocycles. The maximum atomic E-state index is 11.6. The van der Waals surface area contributed by atoms with E-state index in [9.17, 15) is 19.7 Å². The molecule has 8 heteroatoms. The summed E-state index contributed by atoms with van der Waals surface area (Å²) < 4.78 is 4.54. The SMILES string of the molecule is CN(C)CCNC(=O)OC(=O)c1ccc([N+](=O)[O-])cc1. The van der Waals surface area contributed by atoms with Gasteiger partial charge < -0.3 is 15.0 Å². The molecule has 1 N–H and O–H groups in total. The van der Waals surface area contributed by atoms with Crippen molar-refractivity contribution in [1.29, 1.82) is 0 Å². The number of carbonyl (C=O) groups is 2. The topological polar surface area (TPSA) is 102 Å². The number of carbonyl (C=O) groups excluding carboxylic acids is 2. The summed E-state index contributed by atoms with van der Waals surface area (Å²) in [4.78, 5) is 34.6. The highest BCUT2D eigenvalue weighted by molar-refractivity contribution is 5.96. The molecule has 0 radical (unpaired) electrons. The lowest BCUT2D eigenvalue weighted by Gasteiger charge is -2.09. The first-order valence-electron chi connectivity index (χ1n) is 5.79. The lowest BCUT2D eigenvalue weighted by Crippen LogP contribution is -2.33. The molecule has 1 amide bonds. The van der Waals surface area contributed by atoms with Crippen molar-refractivity contribution >= 4 is 17.7 Å². The number of hydrogen-bond acceptors (Lipinski definition) is 6. The normalized spacial score (nSPS) is 10.2. The second kappa shape index (κ2) is 7.19. The standard InChI is InChI=1S/C12H15N3O5/c1-14(2)8-7-13-12(17)20-11(16)9-3-5-10(6-4-9)15(18)19/h3-6H,7-8H2,1-2H3,(H,13,17). The average molecular weight is 281 g/mol. The quantitative estimate of drug-likeness (QED) is 0.374. The number of nitrogens with zero attached hydrogens (tertiary/aromatic N) is 2. The van der Waals surface area contributed by atoms with Crippen molar-refractivity contribution in [3.05, 3.63) is 39.9 Å². The van der Waals surface area contributed by atoms with Gasteiger partial charge >= 0.3 is 12.1 Å². The monoisotopic (exact) mass is 281 g/mol. The Morgan fingerprint density at radius 3 is 2.40 bits per heavy atom. The van der Waals surface area contributed by atoms with Crippen LogP contribution in [0.5, 0.6) is 0 Å². The van der Waals surface area contributed by atoms with Crippen LogP contribution in [0.3, 0.4) is 0 Å². The minimum atomic E-state index is -0.859. The molecule has 0 aliphatic rings. The third-order valence-electron chi connectivity index (χ3n) is 2.33. The fourth-order valence-electron chi connectivity index (χ4n) is 1.28. The van der Waals surface area contributed by atoms with Crippen molar-refractivity contribution in [2.24, 2.45) is 0 Å². The van der Waals surface area contributed by atoms with E-state index in [1.54, 1.807) is 0 Å².